The summed E-state index contributed by atoms with van der Waals surface area (Å²) in [5.74, 6) is -0.255. The SMILES string of the molecule is O=C(O)CCCc1nc2ncccc2o1. The van der Waals surface area contributed by atoms with Crippen LogP contribution >= 0.6 is 0 Å². The van der Waals surface area contributed by atoms with Crippen molar-refractivity contribution in [2.75, 3.05) is 0 Å². The minimum absolute atomic E-state index is 0.131. The number of pyridine rings is 1. The fourth-order valence-electron chi connectivity index (χ4n) is 1.31. The van der Waals surface area contributed by atoms with Crippen LogP contribution in [0.4, 0.5) is 0 Å². The molecule has 1 N–H and O–H groups in total. The van der Waals surface area contributed by atoms with Crippen molar-refractivity contribution in [3.8, 4) is 0 Å². The molecule has 15 heavy (non-hydrogen) atoms. The van der Waals surface area contributed by atoms with Crippen LogP contribution < -0.4 is 0 Å². The van der Waals surface area contributed by atoms with Crippen LogP contribution in [0, 0.1) is 0 Å². The second kappa shape index (κ2) is 4.08. The summed E-state index contributed by atoms with van der Waals surface area (Å²) in [6.45, 7) is 0. The third-order valence-corrected chi connectivity index (χ3v) is 1.99. The predicted octanol–water partition coefficient (Wildman–Crippen LogP) is 1.63. The van der Waals surface area contributed by atoms with E-state index in [1.54, 1.807) is 18.3 Å². The van der Waals surface area contributed by atoms with Crippen molar-refractivity contribution in [1.29, 1.82) is 0 Å². The molecule has 5 heteroatoms. The van der Waals surface area contributed by atoms with Crippen LogP contribution in [0.25, 0.3) is 11.2 Å². The number of fused-ring (bicyclic) bond motifs is 1. The van der Waals surface area contributed by atoms with E-state index in [4.69, 9.17) is 9.52 Å². The molecule has 2 rings (SSSR count). The second-order valence-electron chi connectivity index (χ2n) is 3.18. The Morgan fingerprint density at radius 2 is 2.40 bits per heavy atom. The van der Waals surface area contributed by atoms with Crippen molar-refractivity contribution in [2.45, 2.75) is 19.3 Å². The van der Waals surface area contributed by atoms with Crippen LogP contribution in [0.5, 0.6) is 0 Å². The fraction of sp³-hybridized carbons (Fsp3) is 0.300. The second-order valence-corrected chi connectivity index (χ2v) is 3.18. The number of carboxylic acid groups (broad SMARTS) is 1. The van der Waals surface area contributed by atoms with Gasteiger partial charge in [-0.25, -0.2) is 4.98 Å². The van der Waals surface area contributed by atoms with Crippen molar-refractivity contribution >= 4 is 17.2 Å². The molecule has 0 aliphatic rings. The number of oxazole rings is 1. The smallest absolute Gasteiger partial charge is 0.303 e. The van der Waals surface area contributed by atoms with E-state index in [1.807, 2.05) is 0 Å². The fourth-order valence-corrected chi connectivity index (χ4v) is 1.31. The van der Waals surface area contributed by atoms with E-state index in [2.05, 4.69) is 9.97 Å². The van der Waals surface area contributed by atoms with Crippen molar-refractivity contribution in [2.24, 2.45) is 0 Å². The highest BCUT2D eigenvalue weighted by Gasteiger charge is 2.06. The molecule has 0 fully saturated rings. The van der Waals surface area contributed by atoms with Gasteiger partial charge in [-0.2, -0.15) is 4.98 Å². The molecule has 0 unspecified atom stereocenters. The number of nitrogens with zero attached hydrogens (tertiary/aromatic N) is 2. The van der Waals surface area contributed by atoms with Crippen molar-refractivity contribution < 1.29 is 14.3 Å². The number of hydrogen-bond acceptors (Lipinski definition) is 4. The lowest BCUT2D eigenvalue weighted by Gasteiger charge is -1.91. The van der Waals surface area contributed by atoms with Gasteiger partial charge in [0.05, 0.1) is 0 Å². The lowest BCUT2D eigenvalue weighted by atomic mass is 10.2. The highest BCUT2D eigenvalue weighted by Crippen LogP contribution is 2.13. The van der Waals surface area contributed by atoms with Crippen molar-refractivity contribution in [3.63, 3.8) is 0 Å². The maximum Gasteiger partial charge on any atom is 0.303 e. The monoisotopic (exact) mass is 206 g/mol. The third-order valence-electron chi connectivity index (χ3n) is 1.99. The highest BCUT2D eigenvalue weighted by atomic mass is 16.4. The Kier molecular flexibility index (Phi) is 2.62. The van der Waals surface area contributed by atoms with Gasteiger partial charge in [-0.05, 0) is 18.6 Å². The van der Waals surface area contributed by atoms with E-state index in [0.717, 1.165) is 0 Å². The summed E-state index contributed by atoms with van der Waals surface area (Å²) in [6.07, 6.45) is 2.84. The largest absolute Gasteiger partial charge is 0.481 e. The molecule has 2 aromatic heterocycles. The molecule has 0 spiro atoms. The maximum atomic E-state index is 10.3. The zero-order valence-corrected chi connectivity index (χ0v) is 8.01. The molecule has 0 aliphatic heterocycles. The Morgan fingerprint density at radius 3 is 3.13 bits per heavy atom. The van der Waals surface area contributed by atoms with E-state index < -0.39 is 5.97 Å². The van der Waals surface area contributed by atoms with E-state index in [9.17, 15) is 4.79 Å². The number of aromatic nitrogens is 2. The Labute approximate surface area is 85.8 Å². The Hall–Kier alpha value is -1.91. The minimum Gasteiger partial charge on any atom is -0.481 e. The summed E-state index contributed by atoms with van der Waals surface area (Å²) < 4.78 is 5.38. The van der Waals surface area contributed by atoms with Gasteiger partial charge in [0, 0.05) is 19.0 Å². The Morgan fingerprint density at radius 1 is 1.53 bits per heavy atom. The van der Waals surface area contributed by atoms with Gasteiger partial charge in [-0.3, -0.25) is 4.79 Å². The van der Waals surface area contributed by atoms with Gasteiger partial charge in [0.25, 0.3) is 0 Å². The first kappa shape index (κ1) is 9.64. The molecule has 5 nitrogen and oxygen atoms in total. The van der Waals surface area contributed by atoms with Crippen molar-refractivity contribution in [1.82, 2.24) is 9.97 Å². The quantitative estimate of drug-likeness (QED) is 0.822. The topological polar surface area (TPSA) is 76.2 Å². The first-order valence-corrected chi connectivity index (χ1v) is 4.68. The van der Waals surface area contributed by atoms with Gasteiger partial charge in [0.2, 0.25) is 0 Å². The van der Waals surface area contributed by atoms with E-state index in [-0.39, 0.29) is 6.42 Å². The summed E-state index contributed by atoms with van der Waals surface area (Å²) in [4.78, 5) is 18.5. The number of hydrogen-bond donors (Lipinski definition) is 1. The molecule has 0 saturated carbocycles. The van der Waals surface area contributed by atoms with Crippen LogP contribution in [0.1, 0.15) is 18.7 Å². The van der Waals surface area contributed by atoms with Gasteiger partial charge in [-0.15, -0.1) is 0 Å². The number of carboxylic acids is 1. The summed E-state index contributed by atoms with van der Waals surface area (Å²) >= 11 is 0. The lowest BCUT2D eigenvalue weighted by molar-refractivity contribution is -0.137. The van der Waals surface area contributed by atoms with Crippen molar-refractivity contribution in [3.05, 3.63) is 24.2 Å². The summed E-state index contributed by atoms with van der Waals surface area (Å²) in [5.41, 5.74) is 1.21. The number of carbonyl (C=O) groups is 1. The molecular formula is C10H10N2O3. The van der Waals surface area contributed by atoms with Gasteiger partial charge >= 0.3 is 5.97 Å². The van der Waals surface area contributed by atoms with Gasteiger partial charge in [0.15, 0.2) is 17.1 Å². The van der Waals surface area contributed by atoms with Gasteiger partial charge < -0.3 is 9.52 Å². The van der Waals surface area contributed by atoms with E-state index >= 15 is 0 Å². The first-order chi connectivity index (χ1) is 7.25. The lowest BCUT2D eigenvalue weighted by Crippen LogP contribution is -1.95. The number of rotatable bonds is 4. The zero-order valence-electron chi connectivity index (χ0n) is 8.01. The molecule has 0 radical (unpaired) electrons. The molecule has 0 atom stereocenters. The normalized spacial score (nSPS) is 10.7. The standard InChI is InChI=1S/C10H10N2O3/c13-9(14)5-1-4-8-12-10-7(15-8)3-2-6-11-10/h2-3,6H,1,4-5H2,(H,13,14). The highest BCUT2D eigenvalue weighted by molar-refractivity contribution is 5.67. The third kappa shape index (κ3) is 2.31. The molecule has 78 valence electrons. The van der Waals surface area contributed by atoms with Gasteiger partial charge in [0.1, 0.15) is 0 Å². The van der Waals surface area contributed by atoms with E-state index in [1.165, 1.54) is 0 Å². The molecule has 0 saturated heterocycles. The molecule has 0 aliphatic carbocycles. The average molecular weight is 206 g/mol. The molecular weight excluding hydrogens is 196 g/mol. The van der Waals surface area contributed by atoms with E-state index in [0.29, 0.717) is 30.0 Å². The molecule has 0 aromatic carbocycles. The Bertz CT molecular complexity index is 445. The summed E-state index contributed by atoms with van der Waals surface area (Å²) in [7, 11) is 0. The predicted molar refractivity (Wildman–Crippen MR) is 52.4 cm³/mol. The molecule has 2 heterocycles. The Balaban J connectivity index is 2.05. The molecule has 0 bridgehead atoms. The minimum atomic E-state index is -0.802. The summed E-state index contributed by atoms with van der Waals surface area (Å²) in [6, 6.07) is 3.56. The molecule has 0 amide bonds. The van der Waals surface area contributed by atoms with Crippen LogP contribution in [0.15, 0.2) is 22.7 Å². The summed E-state index contributed by atoms with van der Waals surface area (Å²) in [5, 5.41) is 8.47. The van der Waals surface area contributed by atoms with Crippen LogP contribution in [-0.2, 0) is 11.2 Å². The van der Waals surface area contributed by atoms with Gasteiger partial charge in [-0.1, -0.05) is 0 Å². The zero-order chi connectivity index (χ0) is 10.7. The van der Waals surface area contributed by atoms with Crippen LogP contribution in [0.3, 0.4) is 0 Å². The number of aryl methyl sites for hydroxylation is 1. The first-order valence-electron chi connectivity index (χ1n) is 4.68. The van der Waals surface area contributed by atoms with Crippen LogP contribution in [-0.4, -0.2) is 21.0 Å². The molecule has 2 aromatic rings. The maximum absolute atomic E-state index is 10.3. The average Bonchev–Trinajstić information content (AvgIpc) is 2.59. The van der Waals surface area contributed by atoms with Crippen LogP contribution in [0.2, 0.25) is 0 Å². The number of aliphatic carboxylic acids is 1.